The summed E-state index contributed by atoms with van der Waals surface area (Å²) in [6, 6.07) is 4.02. The van der Waals surface area contributed by atoms with Gasteiger partial charge in [0.2, 0.25) is 0 Å². The van der Waals surface area contributed by atoms with Crippen LogP contribution >= 0.6 is 0 Å². The Kier molecular flexibility index (Phi) is 4.34. The van der Waals surface area contributed by atoms with Crippen molar-refractivity contribution in [3.05, 3.63) is 41.1 Å². The summed E-state index contributed by atoms with van der Waals surface area (Å²) in [7, 11) is 0. The Morgan fingerprint density at radius 1 is 1.04 bits per heavy atom. The smallest absolute Gasteiger partial charge is 0.356 e. The second kappa shape index (κ2) is 6.34. The molecular formula is C18H16F6N2O. The van der Waals surface area contributed by atoms with Crippen molar-refractivity contribution in [2.45, 2.75) is 43.8 Å². The van der Waals surface area contributed by atoms with Crippen LogP contribution in [0.2, 0.25) is 0 Å². The molecule has 3 nitrogen and oxygen atoms in total. The van der Waals surface area contributed by atoms with Gasteiger partial charge in [-0.3, -0.25) is 4.90 Å². The number of para-hydroxylation sites is 1. The molecule has 146 valence electrons. The normalized spacial score (nSPS) is 24.4. The number of aromatic nitrogens is 1. The van der Waals surface area contributed by atoms with Crippen LogP contribution in [0.4, 0.5) is 26.3 Å². The van der Waals surface area contributed by atoms with Crippen LogP contribution in [0.25, 0.3) is 10.9 Å². The van der Waals surface area contributed by atoms with Gasteiger partial charge in [-0.25, -0.2) is 4.98 Å². The van der Waals surface area contributed by atoms with E-state index in [-0.39, 0.29) is 23.7 Å². The molecule has 0 aliphatic carbocycles. The van der Waals surface area contributed by atoms with Crippen molar-refractivity contribution < 1.29 is 31.1 Å². The highest BCUT2D eigenvalue weighted by Gasteiger charge is 2.42. The van der Waals surface area contributed by atoms with Gasteiger partial charge in [-0.05, 0) is 30.5 Å². The van der Waals surface area contributed by atoms with E-state index in [4.69, 9.17) is 4.74 Å². The van der Waals surface area contributed by atoms with E-state index in [0.717, 1.165) is 37.9 Å². The molecule has 3 heterocycles. The van der Waals surface area contributed by atoms with Gasteiger partial charge in [0.1, 0.15) is 18.5 Å². The summed E-state index contributed by atoms with van der Waals surface area (Å²) in [6.07, 6.45) is -7.76. The highest BCUT2D eigenvalue weighted by Crippen LogP contribution is 2.43. The number of hydrogen-bond donors (Lipinski definition) is 0. The van der Waals surface area contributed by atoms with Gasteiger partial charge in [0.25, 0.3) is 0 Å². The lowest BCUT2D eigenvalue weighted by molar-refractivity contribution is -0.142. The summed E-state index contributed by atoms with van der Waals surface area (Å²) in [5.74, 6) is 0. The van der Waals surface area contributed by atoms with E-state index in [1.54, 1.807) is 0 Å². The van der Waals surface area contributed by atoms with E-state index in [1.165, 1.54) is 12.1 Å². The number of benzene rings is 1. The Bertz CT molecular complexity index is 863. The predicted molar refractivity (Wildman–Crippen MR) is 84.8 cm³/mol. The third-order valence-corrected chi connectivity index (χ3v) is 5.21. The lowest BCUT2D eigenvalue weighted by Crippen LogP contribution is -2.36. The van der Waals surface area contributed by atoms with Crippen molar-refractivity contribution in [1.29, 1.82) is 0 Å². The number of ether oxygens (including phenoxy) is 1. The summed E-state index contributed by atoms with van der Waals surface area (Å²) in [5.41, 5.74) is -3.08. The zero-order valence-corrected chi connectivity index (χ0v) is 14.1. The number of fused-ring (bicyclic) bond motifs is 2. The van der Waals surface area contributed by atoms with Gasteiger partial charge in [0.15, 0.2) is 0 Å². The molecule has 1 aromatic carbocycles. The first kappa shape index (κ1) is 18.5. The summed E-state index contributed by atoms with van der Waals surface area (Å²) >= 11 is 0. The Morgan fingerprint density at radius 3 is 2.52 bits per heavy atom. The van der Waals surface area contributed by atoms with Crippen LogP contribution < -0.4 is 0 Å². The van der Waals surface area contributed by atoms with Crippen molar-refractivity contribution in [2.75, 3.05) is 13.3 Å². The molecular weight excluding hydrogens is 374 g/mol. The minimum atomic E-state index is -4.85. The fourth-order valence-corrected chi connectivity index (χ4v) is 3.99. The van der Waals surface area contributed by atoms with Crippen LogP contribution in [0.1, 0.15) is 42.2 Å². The molecule has 2 saturated heterocycles. The molecule has 0 saturated carbocycles. The highest BCUT2D eigenvalue weighted by atomic mass is 19.4. The molecule has 2 fully saturated rings. The fourth-order valence-electron chi connectivity index (χ4n) is 3.99. The third-order valence-electron chi connectivity index (χ3n) is 5.21. The molecule has 0 radical (unpaired) electrons. The Hall–Kier alpha value is -1.87. The number of rotatable bonds is 1. The average molecular weight is 390 g/mol. The first-order chi connectivity index (χ1) is 12.7. The van der Waals surface area contributed by atoms with E-state index < -0.39 is 35.2 Å². The largest absolute Gasteiger partial charge is 0.433 e. The number of halogens is 6. The van der Waals surface area contributed by atoms with E-state index in [0.29, 0.717) is 0 Å². The molecule has 1 aromatic heterocycles. The van der Waals surface area contributed by atoms with Crippen LogP contribution in [0.3, 0.4) is 0 Å². The van der Waals surface area contributed by atoms with Gasteiger partial charge >= 0.3 is 12.4 Å². The number of piperidine rings is 1. The van der Waals surface area contributed by atoms with E-state index in [2.05, 4.69) is 4.98 Å². The zero-order chi connectivity index (χ0) is 19.4. The van der Waals surface area contributed by atoms with E-state index in [1.807, 2.05) is 4.90 Å². The lowest BCUT2D eigenvalue weighted by Gasteiger charge is -2.30. The molecule has 0 amide bonds. The second-order valence-corrected chi connectivity index (χ2v) is 6.89. The topological polar surface area (TPSA) is 25.4 Å². The highest BCUT2D eigenvalue weighted by molar-refractivity contribution is 5.86. The number of nitrogens with zero attached hydrogens (tertiary/aromatic N) is 2. The van der Waals surface area contributed by atoms with Crippen molar-refractivity contribution in [1.82, 2.24) is 9.88 Å². The summed E-state index contributed by atoms with van der Waals surface area (Å²) in [6.45, 7) is 1.03. The van der Waals surface area contributed by atoms with Crippen molar-refractivity contribution in [3.8, 4) is 0 Å². The van der Waals surface area contributed by atoms with Gasteiger partial charge in [0, 0.05) is 18.0 Å². The molecule has 27 heavy (non-hydrogen) atoms. The molecule has 2 aromatic rings. The molecule has 9 heteroatoms. The predicted octanol–water partition coefficient (Wildman–Crippen LogP) is 5.16. The average Bonchev–Trinajstić information content (AvgIpc) is 3.02. The zero-order valence-electron chi connectivity index (χ0n) is 14.1. The first-order valence-electron chi connectivity index (χ1n) is 8.60. The molecule has 0 bridgehead atoms. The molecule has 0 spiro atoms. The minimum absolute atomic E-state index is 0.0512. The van der Waals surface area contributed by atoms with Crippen LogP contribution in [0.15, 0.2) is 24.3 Å². The molecule has 0 unspecified atom stereocenters. The third kappa shape index (κ3) is 3.27. The Morgan fingerprint density at radius 2 is 1.81 bits per heavy atom. The van der Waals surface area contributed by atoms with Crippen LogP contribution in [0.5, 0.6) is 0 Å². The van der Waals surface area contributed by atoms with Gasteiger partial charge in [0.05, 0.1) is 11.1 Å². The Labute approximate surface area is 150 Å². The quantitative estimate of drug-likeness (QED) is 0.630. The molecule has 2 aliphatic rings. The van der Waals surface area contributed by atoms with E-state index >= 15 is 0 Å². The molecule has 2 atom stereocenters. The standard InChI is InChI=1S/C18H16F6N2O/c19-17(20,21)12-5-3-4-10-11(8-14(18(22,23)24)25-15(10)12)16-13-6-1-2-7-26(13)9-27-16/h3-5,8,13,16H,1-2,6-7,9H2/t13-,16+/m0/s1. The van der Waals surface area contributed by atoms with E-state index in [9.17, 15) is 26.3 Å². The molecule has 2 aliphatic heterocycles. The minimum Gasteiger partial charge on any atom is -0.356 e. The first-order valence-corrected chi connectivity index (χ1v) is 8.60. The van der Waals surface area contributed by atoms with Gasteiger partial charge in [-0.2, -0.15) is 26.3 Å². The number of alkyl halides is 6. The van der Waals surface area contributed by atoms with Crippen molar-refractivity contribution >= 4 is 10.9 Å². The van der Waals surface area contributed by atoms with Gasteiger partial charge in [-0.1, -0.05) is 18.6 Å². The summed E-state index contributed by atoms with van der Waals surface area (Å²) in [4.78, 5) is 5.36. The van der Waals surface area contributed by atoms with Crippen molar-refractivity contribution in [2.24, 2.45) is 0 Å². The second-order valence-electron chi connectivity index (χ2n) is 6.89. The molecule has 0 N–H and O–H groups in total. The summed E-state index contributed by atoms with van der Waals surface area (Å²) < 4.78 is 85.9. The van der Waals surface area contributed by atoms with Gasteiger partial charge < -0.3 is 4.74 Å². The number of pyridine rings is 1. The monoisotopic (exact) mass is 390 g/mol. The fraction of sp³-hybridized carbons (Fsp3) is 0.500. The summed E-state index contributed by atoms with van der Waals surface area (Å²) in [5, 5.41) is 0.0512. The van der Waals surface area contributed by atoms with Gasteiger partial charge in [-0.15, -0.1) is 0 Å². The lowest BCUT2D eigenvalue weighted by atomic mass is 9.91. The Balaban J connectivity index is 1.94. The maximum atomic E-state index is 13.4. The number of hydrogen-bond acceptors (Lipinski definition) is 3. The van der Waals surface area contributed by atoms with Crippen LogP contribution in [-0.2, 0) is 17.1 Å². The van der Waals surface area contributed by atoms with Crippen LogP contribution in [-0.4, -0.2) is 29.2 Å². The maximum Gasteiger partial charge on any atom is 0.433 e. The SMILES string of the molecule is FC(F)(F)c1cc([C@H]2OCN3CCCC[C@@H]23)c2cccc(C(F)(F)F)c2n1. The molecule has 4 rings (SSSR count). The van der Waals surface area contributed by atoms with Crippen molar-refractivity contribution in [3.63, 3.8) is 0 Å². The maximum absolute atomic E-state index is 13.4. The van der Waals surface area contributed by atoms with Crippen LogP contribution in [0, 0.1) is 0 Å².